The Kier molecular flexibility index (Phi) is 4.23. The molecule has 1 saturated heterocycles. The molecule has 0 radical (unpaired) electrons. The van der Waals surface area contributed by atoms with Gasteiger partial charge in [-0.15, -0.1) is 11.3 Å². The standard InChI is InChI=1S/C13H21N3S2/c1-10-7-16(4-5-17-10)8-12-9-18-13(15-12)6-14-11-2-3-11/h9-11,14H,2-8H2,1H3. The van der Waals surface area contributed by atoms with E-state index in [4.69, 9.17) is 4.98 Å². The van der Waals surface area contributed by atoms with E-state index in [1.54, 1.807) is 11.3 Å². The Morgan fingerprint density at radius 3 is 3.17 bits per heavy atom. The van der Waals surface area contributed by atoms with Crippen LogP contribution in [0.4, 0.5) is 0 Å². The van der Waals surface area contributed by atoms with Crippen molar-refractivity contribution in [3.63, 3.8) is 0 Å². The van der Waals surface area contributed by atoms with E-state index in [1.165, 1.54) is 42.4 Å². The molecule has 3 rings (SSSR count). The van der Waals surface area contributed by atoms with Gasteiger partial charge < -0.3 is 5.32 Å². The van der Waals surface area contributed by atoms with Crippen LogP contribution < -0.4 is 5.32 Å². The Balaban J connectivity index is 1.49. The Morgan fingerprint density at radius 1 is 1.50 bits per heavy atom. The molecule has 0 aromatic carbocycles. The molecule has 2 heterocycles. The maximum Gasteiger partial charge on any atom is 0.107 e. The molecular weight excluding hydrogens is 262 g/mol. The van der Waals surface area contributed by atoms with Crippen molar-refractivity contribution in [3.05, 3.63) is 16.1 Å². The van der Waals surface area contributed by atoms with Crippen molar-refractivity contribution in [2.45, 2.75) is 44.1 Å². The molecule has 1 aromatic rings. The van der Waals surface area contributed by atoms with Gasteiger partial charge in [0.1, 0.15) is 5.01 Å². The van der Waals surface area contributed by atoms with E-state index in [-0.39, 0.29) is 0 Å². The highest BCUT2D eigenvalue weighted by Gasteiger charge is 2.21. The lowest BCUT2D eigenvalue weighted by Crippen LogP contribution is -2.36. The van der Waals surface area contributed by atoms with Gasteiger partial charge in [-0.05, 0) is 12.8 Å². The lowest BCUT2D eigenvalue weighted by molar-refractivity contribution is 0.275. The summed E-state index contributed by atoms with van der Waals surface area (Å²) in [4.78, 5) is 7.27. The van der Waals surface area contributed by atoms with Crippen molar-refractivity contribution in [1.82, 2.24) is 15.2 Å². The lowest BCUT2D eigenvalue weighted by Gasteiger charge is -2.29. The normalized spacial score (nSPS) is 25.5. The summed E-state index contributed by atoms with van der Waals surface area (Å²) in [6, 6.07) is 0.775. The van der Waals surface area contributed by atoms with Gasteiger partial charge in [0.15, 0.2) is 0 Å². The summed E-state index contributed by atoms with van der Waals surface area (Å²) < 4.78 is 0. The van der Waals surface area contributed by atoms with Crippen molar-refractivity contribution >= 4 is 23.1 Å². The van der Waals surface area contributed by atoms with Gasteiger partial charge in [0.25, 0.3) is 0 Å². The Bertz CT molecular complexity index is 389. The first-order chi connectivity index (χ1) is 8.79. The predicted octanol–water partition coefficient (Wildman–Crippen LogP) is 2.33. The van der Waals surface area contributed by atoms with E-state index >= 15 is 0 Å². The van der Waals surface area contributed by atoms with Crippen LogP contribution in [-0.4, -0.2) is 40.0 Å². The summed E-state index contributed by atoms with van der Waals surface area (Å²) in [5, 5.41) is 7.78. The number of thiazole rings is 1. The fourth-order valence-corrected chi connectivity index (χ4v) is 4.10. The van der Waals surface area contributed by atoms with E-state index in [9.17, 15) is 0 Å². The number of rotatable bonds is 5. The highest BCUT2D eigenvalue weighted by atomic mass is 32.2. The zero-order valence-corrected chi connectivity index (χ0v) is 12.5. The highest BCUT2D eigenvalue weighted by Crippen LogP contribution is 2.22. The average molecular weight is 283 g/mol. The molecule has 18 heavy (non-hydrogen) atoms. The Morgan fingerprint density at radius 2 is 2.39 bits per heavy atom. The second-order valence-electron chi connectivity index (χ2n) is 5.30. The highest BCUT2D eigenvalue weighted by molar-refractivity contribution is 7.99. The van der Waals surface area contributed by atoms with E-state index < -0.39 is 0 Å². The Labute approximate surface area is 117 Å². The minimum Gasteiger partial charge on any atom is -0.308 e. The summed E-state index contributed by atoms with van der Waals surface area (Å²) in [5.74, 6) is 1.27. The fraction of sp³-hybridized carbons (Fsp3) is 0.769. The first-order valence-corrected chi connectivity index (χ1v) is 8.73. The van der Waals surface area contributed by atoms with Crippen LogP contribution >= 0.6 is 23.1 Å². The number of aromatic nitrogens is 1. The first kappa shape index (κ1) is 12.9. The van der Waals surface area contributed by atoms with Crippen molar-refractivity contribution < 1.29 is 0 Å². The molecule has 100 valence electrons. The van der Waals surface area contributed by atoms with Gasteiger partial charge in [0.2, 0.25) is 0 Å². The first-order valence-electron chi connectivity index (χ1n) is 6.80. The molecular formula is C13H21N3S2. The summed E-state index contributed by atoms with van der Waals surface area (Å²) in [7, 11) is 0. The SMILES string of the molecule is CC1CN(Cc2csc(CNC3CC3)n2)CCS1. The summed E-state index contributed by atoms with van der Waals surface area (Å²) >= 11 is 3.89. The van der Waals surface area contributed by atoms with Crippen LogP contribution in [0.5, 0.6) is 0 Å². The van der Waals surface area contributed by atoms with Crippen LogP contribution in [0.15, 0.2) is 5.38 Å². The molecule has 3 nitrogen and oxygen atoms in total. The second kappa shape index (κ2) is 5.90. The van der Waals surface area contributed by atoms with E-state index in [2.05, 4.69) is 34.3 Å². The van der Waals surface area contributed by atoms with Gasteiger partial charge in [0, 0.05) is 48.6 Å². The number of hydrogen-bond donors (Lipinski definition) is 1. The maximum atomic E-state index is 4.74. The summed E-state index contributed by atoms with van der Waals surface area (Å²) in [6.45, 7) is 6.73. The molecule has 5 heteroatoms. The third kappa shape index (κ3) is 3.70. The molecule has 0 amide bonds. The van der Waals surface area contributed by atoms with Gasteiger partial charge >= 0.3 is 0 Å². The van der Waals surface area contributed by atoms with Crippen molar-refractivity contribution in [1.29, 1.82) is 0 Å². The zero-order chi connectivity index (χ0) is 12.4. The topological polar surface area (TPSA) is 28.2 Å². The van der Waals surface area contributed by atoms with Crippen LogP contribution in [0.1, 0.15) is 30.5 Å². The third-order valence-corrected chi connectivity index (χ3v) is 5.46. The molecule has 1 aliphatic heterocycles. The van der Waals surface area contributed by atoms with Gasteiger partial charge in [-0.1, -0.05) is 6.92 Å². The molecule has 1 aliphatic carbocycles. The molecule has 1 aromatic heterocycles. The maximum absolute atomic E-state index is 4.74. The molecule has 0 spiro atoms. The molecule has 1 N–H and O–H groups in total. The minimum absolute atomic E-state index is 0.772. The van der Waals surface area contributed by atoms with Crippen molar-refractivity contribution in [2.75, 3.05) is 18.8 Å². The third-order valence-electron chi connectivity index (χ3n) is 3.43. The average Bonchev–Trinajstić information content (AvgIpc) is 3.08. The zero-order valence-electron chi connectivity index (χ0n) is 10.9. The van der Waals surface area contributed by atoms with E-state index in [1.807, 2.05) is 0 Å². The lowest BCUT2D eigenvalue weighted by atomic mass is 10.3. The van der Waals surface area contributed by atoms with Gasteiger partial charge in [-0.3, -0.25) is 4.90 Å². The second-order valence-corrected chi connectivity index (χ2v) is 7.79. The summed E-state index contributed by atoms with van der Waals surface area (Å²) in [6.07, 6.45) is 2.70. The van der Waals surface area contributed by atoms with E-state index in [0.29, 0.717) is 0 Å². The quantitative estimate of drug-likeness (QED) is 0.898. The molecule has 2 aliphatic rings. The van der Waals surface area contributed by atoms with Crippen molar-refractivity contribution in [3.8, 4) is 0 Å². The molecule has 1 unspecified atom stereocenters. The van der Waals surface area contributed by atoms with Gasteiger partial charge in [-0.25, -0.2) is 4.98 Å². The number of hydrogen-bond acceptors (Lipinski definition) is 5. The molecule has 0 bridgehead atoms. The monoisotopic (exact) mass is 283 g/mol. The van der Waals surface area contributed by atoms with Gasteiger partial charge in [0.05, 0.1) is 5.69 Å². The van der Waals surface area contributed by atoms with Crippen LogP contribution in [0.3, 0.4) is 0 Å². The fourth-order valence-electron chi connectivity index (χ4n) is 2.29. The van der Waals surface area contributed by atoms with Crippen LogP contribution in [0.25, 0.3) is 0 Å². The van der Waals surface area contributed by atoms with Crippen LogP contribution in [-0.2, 0) is 13.1 Å². The summed E-state index contributed by atoms with van der Waals surface area (Å²) in [5.41, 5.74) is 1.26. The number of thioether (sulfide) groups is 1. The number of nitrogens with zero attached hydrogens (tertiary/aromatic N) is 2. The smallest absolute Gasteiger partial charge is 0.107 e. The largest absolute Gasteiger partial charge is 0.308 e. The van der Waals surface area contributed by atoms with E-state index in [0.717, 1.165) is 24.4 Å². The minimum atomic E-state index is 0.772. The van der Waals surface area contributed by atoms with Crippen LogP contribution in [0, 0.1) is 0 Å². The predicted molar refractivity (Wildman–Crippen MR) is 79.2 cm³/mol. The van der Waals surface area contributed by atoms with Crippen LogP contribution in [0.2, 0.25) is 0 Å². The molecule has 1 atom stereocenters. The van der Waals surface area contributed by atoms with Crippen molar-refractivity contribution in [2.24, 2.45) is 0 Å². The number of nitrogens with one attached hydrogen (secondary N) is 1. The molecule has 1 saturated carbocycles. The van der Waals surface area contributed by atoms with Gasteiger partial charge in [-0.2, -0.15) is 11.8 Å². The molecule has 2 fully saturated rings. The Hall–Kier alpha value is -0.100.